The summed E-state index contributed by atoms with van der Waals surface area (Å²) >= 11 is 0. The first-order chi connectivity index (χ1) is 9.85. The maximum atomic E-state index is 11.9. The Morgan fingerprint density at radius 2 is 2.10 bits per heavy atom. The van der Waals surface area contributed by atoms with Gasteiger partial charge in [-0.3, -0.25) is 14.9 Å². The monoisotopic (exact) mass is 295 g/mol. The molecule has 1 rings (SSSR count). The van der Waals surface area contributed by atoms with Crippen molar-refractivity contribution in [2.75, 3.05) is 18.9 Å². The lowest BCUT2D eigenvalue weighted by molar-refractivity contribution is -0.384. The minimum Gasteiger partial charge on any atom is -0.481 e. The molecule has 0 aliphatic heterocycles. The second-order valence-electron chi connectivity index (χ2n) is 4.45. The number of carboxylic acids is 1. The normalized spacial score (nSPS) is 10.0. The zero-order chi connectivity index (χ0) is 16.0. The van der Waals surface area contributed by atoms with Crippen LogP contribution in [0.15, 0.2) is 18.2 Å². The van der Waals surface area contributed by atoms with E-state index in [2.05, 4.69) is 5.32 Å². The fourth-order valence-corrected chi connectivity index (χ4v) is 1.68. The number of nitro groups is 1. The van der Waals surface area contributed by atoms with Crippen LogP contribution >= 0.6 is 0 Å². The minimum atomic E-state index is -1.00. The van der Waals surface area contributed by atoms with Gasteiger partial charge in [-0.2, -0.15) is 0 Å². The summed E-state index contributed by atoms with van der Waals surface area (Å²) in [5.74, 6) is -1.00. The number of benzene rings is 1. The van der Waals surface area contributed by atoms with Gasteiger partial charge in [-0.05, 0) is 12.0 Å². The van der Waals surface area contributed by atoms with E-state index in [-0.39, 0.29) is 18.7 Å². The van der Waals surface area contributed by atoms with Crippen molar-refractivity contribution < 1.29 is 19.6 Å². The van der Waals surface area contributed by atoms with E-state index in [4.69, 9.17) is 5.11 Å². The van der Waals surface area contributed by atoms with Gasteiger partial charge < -0.3 is 15.3 Å². The highest BCUT2D eigenvalue weighted by molar-refractivity contribution is 5.90. The topological polar surface area (TPSA) is 113 Å². The predicted molar refractivity (Wildman–Crippen MR) is 76.4 cm³/mol. The smallest absolute Gasteiger partial charge is 0.321 e. The van der Waals surface area contributed by atoms with Crippen LogP contribution in [0.1, 0.15) is 18.9 Å². The maximum Gasteiger partial charge on any atom is 0.321 e. The second kappa shape index (κ2) is 7.22. The molecule has 0 radical (unpaired) electrons. The van der Waals surface area contributed by atoms with Crippen molar-refractivity contribution in [3.63, 3.8) is 0 Å². The third-order valence-electron chi connectivity index (χ3n) is 2.93. The molecule has 0 saturated heterocycles. The first kappa shape index (κ1) is 16.4. The zero-order valence-electron chi connectivity index (χ0n) is 11.8. The summed E-state index contributed by atoms with van der Waals surface area (Å²) in [5.41, 5.74) is 1.01. The molecule has 0 atom stereocenters. The number of amides is 2. The van der Waals surface area contributed by atoms with E-state index in [0.717, 1.165) is 5.56 Å². The van der Waals surface area contributed by atoms with Crippen LogP contribution in [0.5, 0.6) is 0 Å². The molecule has 0 aliphatic carbocycles. The molecule has 0 heterocycles. The summed E-state index contributed by atoms with van der Waals surface area (Å²) in [6.45, 7) is 1.92. The molecular formula is C13H17N3O5. The number of carbonyl (C=O) groups excluding carboxylic acids is 1. The molecule has 114 valence electrons. The Bertz CT molecular complexity index is 559. The third-order valence-corrected chi connectivity index (χ3v) is 2.93. The molecule has 1 aromatic carbocycles. The fourth-order valence-electron chi connectivity index (χ4n) is 1.68. The van der Waals surface area contributed by atoms with Crippen LogP contribution in [0.25, 0.3) is 0 Å². The van der Waals surface area contributed by atoms with E-state index in [1.165, 1.54) is 24.1 Å². The van der Waals surface area contributed by atoms with Crippen LogP contribution in [0, 0.1) is 10.1 Å². The van der Waals surface area contributed by atoms with Gasteiger partial charge in [0.2, 0.25) is 0 Å². The van der Waals surface area contributed by atoms with Crippen LogP contribution in [0.4, 0.5) is 16.2 Å². The zero-order valence-corrected chi connectivity index (χ0v) is 11.8. The third kappa shape index (κ3) is 4.75. The Morgan fingerprint density at radius 3 is 2.62 bits per heavy atom. The molecule has 0 unspecified atom stereocenters. The molecule has 0 bridgehead atoms. The molecule has 0 saturated carbocycles. The maximum absolute atomic E-state index is 11.9. The van der Waals surface area contributed by atoms with E-state index in [9.17, 15) is 19.7 Å². The van der Waals surface area contributed by atoms with Crippen LogP contribution in [0.3, 0.4) is 0 Å². The quantitative estimate of drug-likeness (QED) is 0.616. The number of urea groups is 1. The molecule has 8 heteroatoms. The summed E-state index contributed by atoms with van der Waals surface area (Å²) in [5, 5.41) is 21.9. The van der Waals surface area contributed by atoms with Gasteiger partial charge in [-0.25, -0.2) is 4.79 Å². The fraction of sp³-hybridized carbons (Fsp3) is 0.385. The van der Waals surface area contributed by atoms with E-state index >= 15 is 0 Å². The largest absolute Gasteiger partial charge is 0.481 e. The molecule has 2 N–H and O–H groups in total. The van der Waals surface area contributed by atoms with Crippen molar-refractivity contribution in [1.82, 2.24) is 4.90 Å². The Labute approximate surface area is 121 Å². The minimum absolute atomic E-state index is 0.0531. The van der Waals surface area contributed by atoms with E-state index in [1.54, 1.807) is 6.07 Å². The summed E-state index contributed by atoms with van der Waals surface area (Å²) in [6, 6.07) is 3.75. The van der Waals surface area contributed by atoms with E-state index < -0.39 is 16.9 Å². The molecule has 0 fully saturated rings. The van der Waals surface area contributed by atoms with Crippen LogP contribution in [-0.2, 0) is 11.2 Å². The predicted octanol–water partition coefficient (Wildman–Crippen LogP) is 2.10. The van der Waals surface area contributed by atoms with Crippen LogP contribution in [0.2, 0.25) is 0 Å². The number of rotatable bonds is 6. The van der Waals surface area contributed by atoms with Crippen LogP contribution in [-0.4, -0.2) is 40.5 Å². The molecular weight excluding hydrogens is 278 g/mol. The van der Waals surface area contributed by atoms with E-state index in [1.807, 2.05) is 6.92 Å². The van der Waals surface area contributed by atoms with Gasteiger partial charge >= 0.3 is 12.0 Å². The lowest BCUT2D eigenvalue weighted by Crippen LogP contribution is -2.33. The number of aryl methyl sites for hydroxylation is 1. The van der Waals surface area contributed by atoms with Gasteiger partial charge in [0.1, 0.15) is 0 Å². The SMILES string of the molecule is CCc1ccc([N+](=O)[O-])cc1NC(=O)N(C)CCC(=O)O. The van der Waals surface area contributed by atoms with Gasteiger partial charge in [0, 0.05) is 25.7 Å². The van der Waals surface area contributed by atoms with Crippen molar-refractivity contribution >= 4 is 23.4 Å². The number of nitrogens with one attached hydrogen (secondary N) is 1. The first-order valence-corrected chi connectivity index (χ1v) is 6.36. The molecule has 0 aromatic heterocycles. The second-order valence-corrected chi connectivity index (χ2v) is 4.45. The van der Waals surface area contributed by atoms with Crippen molar-refractivity contribution in [2.45, 2.75) is 19.8 Å². The Hall–Kier alpha value is -2.64. The Balaban J connectivity index is 2.85. The number of aliphatic carboxylic acids is 1. The van der Waals surface area contributed by atoms with Gasteiger partial charge in [-0.15, -0.1) is 0 Å². The molecule has 21 heavy (non-hydrogen) atoms. The molecule has 0 spiro atoms. The van der Waals surface area contributed by atoms with Gasteiger partial charge in [0.25, 0.3) is 5.69 Å². The average molecular weight is 295 g/mol. The number of non-ortho nitro benzene ring substituents is 1. The summed E-state index contributed by atoms with van der Waals surface area (Å²) in [7, 11) is 1.46. The molecule has 2 amide bonds. The summed E-state index contributed by atoms with van der Waals surface area (Å²) in [4.78, 5) is 33.8. The van der Waals surface area contributed by atoms with Gasteiger partial charge in [0.05, 0.1) is 17.0 Å². The highest BCUT2D eigenvalue weighted by atomic mass is 16.6. The van der Waals surface area contributed by atoms with Gasteiger partial charge in [-0.1, -0.05) is 13.0 Å². The molecule has 1 aromatic rings. The van der Waals surface area contributed by atoms with Crippen molar-refractivity contribution in [3.05, 3.63) is 33.9 Å². The molecule has 8 nitrogen and oxygen atoms in total. The van der Waals surface area contributed by atoms with Crippen LogP contribution < -0.4 is 5.32 Å². The number of carboxylic acid groups (broad SMARTS) is 1. The summed E-state index contributed by atoms with van der Waals surface area (Å²) in [6.07, 6.45) is 0.436. The number of nitro benzene ring substituents is 1. The average Bonchev–Trinajstić information content (AvgIpc) is 2.44. The number of carbonyl (C=O) groups is 2. The van der Waals surface area contributed by atoms with Gasteiger partial charge in [0.15, 0.2) is 0 Å². The standard InChI is InChI=1S/C13H17N3O5/c1-3-9-4-5-10(16(20)21)8-11(9)14-13(19)15(2)7-6-12(17)18/h4-5,8H,3,6-7H2,1-2H3,(H,14,19)(H,17,18). The summed E-state index contributed by atoms with van der Waals surface area (Å²) < 4.78 is 0. The lowest BCUT2D eigenvalue weighted by Gasteiger charge is -2.18. The van der Waals surface area contributed by atoms with E-state index in [0.29, 0.717) is 12.1 Å². The number of hydrogen-bond donors (Lipinski definition) is 2. The van der Waals surface area contributed by atoms with Crippen molar-refractivity contribution in [1.29, 1.82) is 0 Å². The lowest BCUT2D eigenvalue weighted by atomic mass is 10.1. The molecule has 0 aliphatic rings. The Morgan fingerprint density at radius 1 is 1.43 bits per heavy atom. The first-order valence-electron chi connectivity index (χ1n) is 6.36. The number of hydrogen-bond acceptors (Lipinski definition) is 4. The highest BCUT2D eigenvalue weighted by Crippen LogP contribution is 2.23. The number of nitrogens with zero attached hydrogens (tertiary/aromatic N) is 2. The Kier molecular flexibility index (Phi) is 5.65. The number of anilines is 1. The highest BCUT2D eigenvalue weighted by Gasteiger charge is 2.15. The van der Waals surface area contributed by atoms with Crippen molar-refractivity contribution in [2.24, 2.45) is 0 Å². The van der Waals surface area contributed by atoms with Crippen molar-refractivity contribution in [3.8, 4) is 0 Å².